The highest BCUT2D eigenvalue weighted by molar-refractivity contribution is 8.93. The molecule has 0 saturated heterocycles. The van der Waals surface area contributed by atoms with Crippen LogP contribution >= 0.6 is 17.0 Å². The van der Waals surface area contributed by atoms with Gasteiger partial charge in [-0.3, -0.25) is 0 Å². The fourth-order valence-corrected chi connectivity index (χ4v) is 2.52. The number of fused-ring (bicyclic) bond motifs is 1. The van der Waals surface area contributed by atoms with Crippen molar-refractivity contribution in [3.8, 4) is 5.75 Å². The van der Waals surface area contributed by atoms with Crippen molar-refractivity contribution in [2.75, 3.05) is 6.54 Å². The fraction of sp³-hybridized carbons (Fsp3) is 0.150. The summed E-state index contributed by atoms with van der Waals surface area (Å²) >= 11 is 0. The summed E-state index contributed by atoms with van der Waals surface area (Å²) in [6.07, 6.45) is 0.837. The first-order chi connectivity index (χ1) is 11.2. The zero-order valence-electron chi connectivity index (χ0n) is 13.5. The predicted octanol–water partition coefficient (Wildman–Crippen LogP) is 4.45. The molecule has 0 aromatic heterocycles. The molecule has 24 heavy (non-hydrogen) atoms. The second-order valence-electron chi connectivity index (χ2n) is 5.64. The summed E-state index contributed by atoms with van der Waals surface area (Å²) < 4.78 is 5.48. The molecule has 0 unspecified atom stereocenters. The van der Waals surface area contributed by atoms with Gasteiger partial charge in [0.2, 0.25) is 0 Å². The molecule has 0 heterocycles. The number of hydrogen-bond acceptors (Lipinski definition) is 3. The Morgan fingerprint density at radius 3 is 2.38 bits per heavy atom. The van der Waals surface area contributed by atoms with Crippen molar-refractivity contribution in [3.05, 3.63) is 77.4 Å². The summed E-state index contributed by atoms with van der Waals surface area (Å²) in [6, 6.07) is 19.2. The largest absolute Gasteiger partial charge is 0.423 e. The average Bonchev–Trinajstić information content (AvgIpc) is 2.55. The second-order valence-corrected chi connectivity index (χ2v) is 5.64. The molecule has 124 valence electrons. The molecule has 0 atom stereocenters. The SMILES string of the molecule is Br.Cc1ccc(C(=O)Oc2ccc3ccc(CCN)cc3c2)cc1. The van der Waals surface area contributed by atoms with Crippen molar-refractivity contribution in [3.63, 3.8) is 0 Å². The van der Waals surface area contributed by atoms with Gasteiger partial charge in [0.1, 0.15) is 5.75 Å². The van der Waals surface area contributed by atoms with Crippen LogP contribution in [-0.2, 0) is 6.42 Å². The topological polar surface area (TPSA) is 52.3 Å². The number of ether oxygens (including phenoxy) is 1. The van der Waals surface area contributed by atoms with E-state index in [2.05, 4.69) is 18.2 Å². The quantitative estimate of drug-likeness (QED) is 0.533. The van der Waals surface area contributed by atoms with Crippen molar-refractivity contribution in [2.24, 2.45) is 5.73 Å². The molecule has 0 spiro atoms. The zero-order chi connectivity index (χ0) is 16.2. The summed E-state index contributed by atoms with van der Waals surface area (Å²) in [5, 5.41) is 2.16. The van der Waals surface area contributed by atoms with Gasteiger partial charge in [0.15, 0.2) is 0 Å². The molecule has 4 heteroatoms. The van der Waals surface area contributed by atoms with Crippen LogP contribution in [0.1, 0.15) is 21.5 Å². The van der Waals surface area contributed by atoms with Gasteiger partial charge in [-0.05, 0) is 60.5 Å². The van der Waals surface area contributed by atoms with Crippen LogP contribution in [0.2, 0.25) is 0 Å². The normalized spacial score (nSPS) is 10.2. The lowest BCUT2D eigenvalue weighted by Gasteiger charge is -2.07. The first-order valence-electron chi connectivity index (χ1n) is 7.67. The first-order valence-corrected chi connectivity index (χ1v) is 7.67. The van der Waals surface area contributed by atoms with E-state index in [0.717, 1.165) is 22.8 Å². The van der Waals surface area contributed by atoms with Crippen LogP contribution in [0.5, 0.6) is 5.75 Å². The number of halogens is 1. The Morgan fingerprint density at radius 1 is 0.958 bits per heavy atom. The fourth-order valence-electron chi connectivity index (χ4n) is 2.52. The number of benzene rings is 3. The van der Waals surface area contributed by atoms with Crippen LogP contribution < -0.4 is 10.5 Å². The Bertz CT molecular complexity index is 844. The molecule has 0 fully saturated rings. The maximum absolute atomic E-state index is 12.2. The van der Waals surface area contributed by atoms with Crippen LogP contribution in [0.25, 0.3) is 10.8 Å². The van der Waals surface area contributed by atoms with Crippen LogP contribution in [-0.4, -0.2) is 12.5 Å². The highest BCUT2D eigenvalue weighted by Gasteiger charge is 2.08. The van der Waals surface area contributed by atoms with Gasteiger partial charge in [0.05, 0.1) is 5.56 Å². The Hall–Kier alpha value is -2.17. The number of aryl methyl sites for hydroxylation is 1. The Labute approximate surface area is 152 Å². The number of esters is 1. The third-order valence-electron chi connectivity index (χ3n) is 3.81. The molecule has 2 N–H and O–H groups in total. The summed E-state index contributed by atoms with van der Waals surface area (Å²) in [6.45, 7) is 2.60. The molecule has 0 radical (unpaired) electrons. The van der Waals surface area contributed by atoms with E-state index >= 15 is 0 Å². The van der Waals surface area contributed by atoms with E-state index in [-0.39, 0.29) is 23.0 Å². The van der Waals surface area contributed by atoms with Crippen LogP contribution in [0.15, 0.2) is 60.7 Å². The number of carbonyl (C=O) groups is 1. The highest BCUT2D eigenvalue weighted by Crippen LogP contribution is 2.23. The van der Waals surface area contributed by atoms with Gasteiger partial charge in [-0.25, -0.2) is 4.79 Å². The molecule has 3 rings (SSSR count). The summed E-state index contributed by atoms with van der Waals surface area (Å²) in [5.74, 6) is 0.204. The molecule has 3 aromatic carbocycles. The highest BCUT2D eigenvalue weighted by atomic mass is 79.9. The number of rotatable bonds is 4. The maximum atomic E-state index is 12.2. The molecule has 0 saturated carbocycles. The van der Waals surface area contributed by atoms with E-state index in [4.69, 9.17) is 10.5 Å². The Balaban J connectivity index is 0.00000208. The molecular formula is C20H20BrNO2. The van der Waals surface area contributed by atoms with E-state index in [1.54, 1.807) is 12.1 Å². The average molecular weight is 386 g/mol. The lowest BCUT2D eigenvalue weighted by Crippen LogP contribution is -2.08. The molecule has 0 aliphatic rings. The smallest absolute Gasteiger partial charge is 0.343 e. The maximum Gasteiger partial charge on any atom is 0.343 e. The summed E-state index contributed by atoms with van der Waals surface area (Å²) in [4.78, 5) is 12.2. The molecule has 0 aliphatic carbocycles. The van der Waals surface area contributed by atoms with Gasteiger partial charge >= 0.3 is 5.97 Å². The van der Waals surface area contributed by atoms with Crippen molar-refractivity contribution >= 4 is 33.7 Å². The molecule has 3 nitrogen and oxygen atoms in total. The van der Waals surface area contributed by atoms with Crippen LogP contribution in [0.4, 0.5) is 0 Å². The van der Waals surface area contributed by atoms with Gasteiger partial charge < -0.3 is 10.5 Å². The minimum Gasteiger partial charge on any atom is -0.423 e. The summed E-state index contributed by atoms with van der Waals surface area (Å²) in [7, 11) is 0. The van der Waals surface area contributed by atoms with E-state index in [1.165, 1.54) is 5.56 Å². The van der Waals surface area contributed by atoms with E-state index < -0.39 is 0 Å². The van der Waals surface area contributed by atoms with Crippen molar-refractivity contribution < 1.29 is 9.53 Å². The van der Waals surface area contributed by atoms with Gasteiger partial charge in [0.25, 0.3) is 0 Å². The monoisotopic (exact) mass is 385 g/mol. The van der Waals surface area contributed by atoms with Gasteiger partial charge in [0, 0.05) is 0 Å². The third-order valence-corrected chi connectivity index (χ3v) is 3.81. The lowest BCUT2D eigenvalue weighted by molar-refractivity contribution is 0.0735. The van der Waals surface area contributed by atoms with Crippen molar-refractivity contribution in [2.45, 2.75) is 13.3 Å². The Kier molecular flexibility index (Phi) is 6.12. The van der Waals surface area contributed by atoms with Crippen molar-refractivity contribution in [1.82, 2.24) is 0 Å². The van der Waals surface area contributed by atoms with Gasteiger partial charge in [-0.15, -0.1) is 17.0 Å². The third kappa shape index (κ3) is 4.22. The van der Waals surface area contributed by atoms with E-state index in [9.17, 15) is 4.79 Å². The van der Waals surface area contributed by atoms with Gasteiger partial charge in [-0.2, -0.15) is 0 Å². The molecular weight excluding hydrogens is 366 g/mol. The molecule has 0 amide bonds. The number of nitrogens with two attached hydrogens (primary N) is 1. The second kappa shape index (κ2) is 8.08. The van der Waals surface area contributed by atoms with Crippen LogP contribution in [0.3, 0.4) is 0 Å². The summed E-state index contributed by atoms with van der Waals surface area (Å²) in [5.41, 5.74) is 8.45. The van der Waals surface area contributed by atoms with Crippen LogP contribution in [0, 0.1) is 6.92 Å². The molecule has 0 bridgehead atoms. The van der Waals surface area contributed by atoms with E-state index in [0.29, 0.717) is 17.9 Å². The molecule has 3 aromatic rings. The number of carbonyl (C=O) groups excluding carboxylic acids is 1. The predicted molar refractivity (Wildman–Crippen MR) is 103 cm³/mol. The Morgan fingerprint density at radius 2 is 1.67 bits per heavy atom. The van der Waals surface area contributed by atoms with Crippen molar-refractivity contribution in [1.29, 1.82) is 0 Å². The standard InChI is InChI=1S/C20H19NO2.BrH/c1-14-2-5-17(6-3-14)20(22)23-19-9-8-16-7-4-15(10-11-21)12-18(16)13-19;/h2-9,12-13H,10-11,21H2,1H3;1H. The number of hydrogen-bond donors (Lipinski definition) is 1. The zero-order valence-corrected chi connectivity index (χ0v) is 15.2. The minimum absolute atomic E-state index is 0. The first kappa shape index (κ1) is 18.2. The minimum atomic E-state index is -0.345. The van der Waals surface area contributed by atoms with Gasteiger partial charge in [-0.1, -0.05) is 42.0 Å². The van der Waals surface area contributed by atoms with E-state index in [1.807, 2.05) is 37.3 Å². The lowest BCUT2D eigenvalue weighted by atomic mass is 10.0. The molecule has 0 aliphatic heterocycles.